The predicted molar refractivity (Wildman–Crippen MR) is 105 cm³/mol. The molecule has 140 valence electrons. The van der Waals surface area contributed by atoms with Gasteiger partial charge < -0.3 is 15.3 Å². The Morgan fingerprint density at radius 3 is 2.76 bits per heavy atom. The largest absolute Gasteiger partial charge is 0.386 e. The Labute approximate surface area is 156 Å². The number of guanidine groups is 1. The Morgan fingerprint density at radius 1 is 1.40 bits per heavy atom. The Morgan fingerprint density at radius 2 is 2.12 bits per heavy atom. The number of benzene rings is 1. The lowest BCUT2D eigenvalue weighted by Gasteiger charge is -2.30. The molecule has 0 bridgehead atoms. The van der Waals surface area contributed by atoms with Crippen LogP contribution in [0.1, 0.15) is 38.4 Å². The highest BCUT2D eigenvalue weighted by Gasteiger charge is 2.25. The van der Waals surface area contributed by atoms with Gasteiger partial charge in [0.1, 0.15) is 0 Å². The smallest absolute Gasteiger partial charge is 0.193 e. The molecule has 6 heteroatoms. The lowest BCUT2D eigenvalue weighted by Crippen LogP contribution is -2.46. The minimum Gasteiger partial charge on any atom is -0.386 e. The number of nitrogens with zero attached hydrogens (tertiary/aromatic N) is 3. The predicted octanol–water partition coefficient (Wildman–Crippen LogP) is 2.76. The minimum atomic E-state index is -0.627. The second kappa shape index (κ2) is 10.00. The first-order valence-electron chi connectivity index (χ1n) is 9.22. The number of hydrogen-bond donors (Lipinski definition) is 2. The summed E-state index contributed by atoms with van der Waals surface area (Å²) in [7, 11) is 2.07. The quantitative estimate of drug-likeness (QED) is 0.575. The molecule has 0 radical (unpaired) electrons. The fourth-order valence-corrected chi connectivity index (χ4v) is 3.48. The molecule has 1 aromatic carbocycles. The molecule has 1 heterocycles. The van der Waals surface area contributed by atoms with Gasteiger partial charge in [0.05, 0.1) is 12.6 Å². The van der Waals surface area contributed by atoms with Crippen molar-refractivity contribution in [2.45, 2.75) is 38.8 Å². The number of likely N-dealkylation sites (tertiary alicyclic amines) is 1. The highest BCUT2D eigenvalue weighted by Crippen LogP contribution is 2.18. The van der Waals surface area contributed by atoms with Crippen LogP contribution in [0.4, 0.5) is 0 Å². The molecule has 1 saturated heterocycles. The van der Waals surface area contributed by atoms with Gasteiger partial charge in [-0.2, -0.15) is 0 Å². The van der Waals surface area contributed by atoms with Crippen LogP contribution >= 0.6 is 11.6 Å². The van der Waals surface area contributed by atoms with Crippen LogP contribution in [0.5, 0.6) is 0 Å². The number of nitrogens with one attached hydrogen (secondary N) is 1. The summed E-state index contributed by atoms with van der Waals surface area (Å²) >= 11 is 5.90. The minimum absolute atomic E-state index is 0.330. The molecule has 0 saturated carbocycles. The van der Waals surface area contributed by atoms with E-state index in [1.54, 1.807) is 12.1 Å². The first kappa shape index (κ1) is 20.0. The van der Waals surface area contributed by atoms with E-state index in [4.69, 9.17) is 11.6 Å². The van der Waals surface area contributed by atoms with Gasteiger partial charge in [-0.25, -0.2) is 0 Å². The van der Waals surface area contributed by atoms with Crippen molar-refractivity contribution < 1.29 is 5.11 Å². The first-order valence-corrected chi connectivity index (χ1v) is 9.60. The summed E-state index contributed by atoms with van der Waals surface area (Å²) in [6.45, 7) is 8.67. The van der Waals surface area contributed by atoms with Crippen LogP contribution in [-0.4, -0.2) is 66.7 Å². The molecular formula is C19H31ClN4O. The van der Waals surface area contributed by atoms with Crippen molar-refractivity contribution in [1.29, 1.82) is 0 Å². The number of rotatable bonds is 7. The Hall–Kier alpha value is -1.30. The molecule has 2 N–H and O–H groups in total. The van der Waals surface area contributed by atoms with E-state index in [2.05, 4.69) is 41.0 Å². The number of aliphatic hydroxyl groups excluding tert-OH is 1. The van der Waals surface area contributed by atoms with E-state index in [0.29, 0.717) is 17.6 Å². The van der Waals surface area contributed by atoms with E-state index in [-0.39, 0.29) is 0 Å². The van der Waals surface area contributed by atoms with Crippen molar-refractivity contribution in [1.82, 2.24) is 15.1 Å². The van der Waals surface area contributed by atoms with Gasteiger partial charge in [-0.1, -0.05) is 30.7 Å². The Balaban J connectivity index is 1.97. The fourth-order valence-electron chi connectivity index (χ4n) is 3.35. The zero-order valence-corrected chi connectivity index (χ0v) is 16.3. The molecule has 25 heavy (non-hydrogen) atoms. The highest BCUT2D eigenvalue weighted by molar-refractivity contribution is 6.30. The van der Waals surface area contributed by atoms with Crippen LogP contribution in [0.2, 0.25) is 5.02 Å². The first-order chi connectivity index (χ1) is 12.0. The average molecular weight is 367 g/mol. The van der Waals surface area contributed by atoms with Gasteiger partial charge in [-0.15, -0.1) is 0 Å². The van der Waals surface area contributed by atoms with Crippen LogP contribution in [0, 0.1) is 0 Å². The molecule has 1 fully saturated rings. The second-order valence-electron chi connectivity index (χ2n) is 6.57. The monoisotopic (exact) mass is 366 g/mol. The van der Waals surface area contributed by atoms with Gasteiger partial charge in [-0.3, -0.25) is 9.89 Å². The summed E-state index contributed by atoms with van der Waals surface area (Å²) in [5.41, 5.74) is 0.833. The number of aliphatic hydroxyl groups is 1. The van der Waals surface area contributed by atoms with Gasteiger partial charge >= 0.3 is 0 Å². The van der Waals surface area contributed by atoms with Crippen molar-refractivity contribution >= 4 is 17.6 Å². The lowest BCUT2D eigenvalue weighted by molar-refractivity contribution is 0.186. The van der Waals surface area contributed by atoms with Gasteiger partial charge in [0.2, 0.25) is 0 Å². The van der Waals surface area contributed by atoms with Gasteiger partial charge in [0.15, 0.2) is 5.96 Å². The molecule has 2 unspecified atom stereocenters. The van der Waals surface area contributed by atoms with Crippen molar-refractivity contribution in [2.24, 2.45) is 4.99 Å². The molecular weight excluding hydrogens is 336 g/mol. The van der Waals surface area contributed by atoms with Crippen LogP contribution in [0.3, 0.4) is 0 Å². The van der Waals surface area contributed by atoms with E-state index in [1.165, 1.54) is 19.4 Å². The molecule has 1 aliphatic heterocycles. The van der Waals surface area contributed by atoms with Crippen molar-refractivity contribution in [2.75, 3.05) is 39.8 Å². The molecule has 1 aliphatic rings. The molecule has 0 aliphatic carbocycles. The van der Waals surface area contributed by atoms with E-state index < -0.39 is 6.10 Å². The van der Waals surface area contributed by atoms with Crippen molar-refractivity contribution in [3.05, 3.63) is 34.9 Å². The summed E-state index contributed by atoms with van der Waals surface area (Å²) in [4.78, 5) is 9.34. The Kier molecular flexibility index (Phi) is 8.00. The summed E-state index contributed by atoms with van der Waals surface area (Å²) in [6.07, 6.45) is 1.89. The molecule has 5 nitrogen and oxygen atoms in total. The summed E-state index contributed by atoms with van der Waals surface area (Å²) in [5, 5.41) is 14.4. The van der Waals surface area contributed by atoms with E-state index in [9.17, 15) is 5.11 Å². The second-order valence-corrected chi connectivity index (χ2v) is 7.00. The van der Waals surface area contributed by atoms with Crippen LogP contribution in [0.25, 0.3) is 0 Å². The standard InChI is InChI=1S/C19H31ClN4O/c1-4-21-19(23(3)14-17-7-6-12-24(17)5-2)22-13-18(25)15-8-10-16(20)11-9-15/h8-11,17-18,25H,4-7,12-14H2,1-3H3,(H,21,22). The third-order valence-corrected chi connectivity index (χ3v) is 5.01. The molecule has 2 rings (SSSR count). The van der Waals surface area contributed by atoms with E-state index >= 15 is 0 Å². The number of halogens is 1. The van der Waals surface area contributed by atoms with Crippen molar-refractivity contribution in [3.63, 3.8) is 0 Å². The normalized spacial score (nSPS) is 19.9. The van der Waals surface area contributed by atoms with Crippen LogP contribution in [-0.2, 0) is 0 Å². The number of likely N-dealkylation sites (N-methyl/N-ethyl adjacent to an activating group) is 2. The molecule has 0 aromatic heterocycles. The molecule has 2 atom stereocenters. The number of aliphatic imine (C=N–C) groups is 1. The maximum Gasteiger partial charge on any atom is 0.193 e. The molecule has 0 spiro atoms. The zero-order valence-electron chi connectivity index (χ0n) is 15.6. The average Bonchev–Trinajstić information content (AvgIpc) is 3.05. The van der Waals surface area contributed by atoms with Crippen LogP contribution in [0.15, 0.2) is 29.3 Å². The molecule has 1 aromatic rings. The van der Waals surface area contributed by atoms with Crippen LogP contribution < -0.4 is 5.32 Å². The third-order valence-electron chi connectivity index (χ3n) is 4.76. The van der Waals surface area contributed by atoms with E-state index in [0.717, 1.165) is 31.2 Å². The SMILES string of the molecule is CCNC(=NCC(O)c1ccc(Cl)cc1)N(C)CC1CCCN1CC. The van der Waals surface area contributed by atoms with Crippen molar-refractivity contribution in [3.8, 4) is 0 Å². The fraction of sp³-hybridized carbons (Fsp3) is 0.632. The molecule has 0 amide bonds. The lowest BCUT2D eigenvalue weighted by atomic mass is 10.1. The zero-order chi connectivity index (χ0) is 18.2. The third kappa shape index (κ3) is 5.87. The van der Waals surface area contributed by atoms with Gasteiger partial charge in [0.25, 0.3) is 0 Å². The Bertz CT molecular complexity index is 549. The van der Waals surface area contributed by atoms with E-state index in [1.807, 2.05) is 12.1 Å². The van der Waals surface area contributed by atoms with Gasteiger partial charge in [-0.05, 0) is 50.6 Å². The maximum atomic E-state index is 10.4. The topological polar surface area (TPSA) is 51.1 Å². The highest BCUT2D eigenvalue weighted by atomic mass is 35.5. The summed E-state index contributed by atoms with van der Waals surface area (Å²) < 4.78 is 0. The summed E-state index contributed by atoms with van der Waals surface area (Å²) in [6, 6.07) is 7.86. The number of hydrogen-bond acceptors (Lipinski definition) is 3. The van der Waals surface area contributed by atoms with Gasteiger partial charge in [0, 0.05) is 31.2 Å². The summed E-state index contributed by atoms with van der Waals surface area (Å²) in [5.74, 6) is 0.846. The maximum absolute atomic E-state index is 10.4.